The largest absolute Gasteiger partial charge is 0.396 e. The molecule has 0 bridgehead atoms. The van der Waals surface area contributed by atoms with Crippen LogP contribution in [0.3, 0.4) is 0 Å². The molecule has 4 aromatic rings. The van der Waals surface area contributed by atoms with E-state index in [1.54, 1.807) is 18.3 Å². The molecule has 0 radical (unpaired) electrons. The molecule has 0 aliphatic rings. The number of aliphatic hydroxyl groups is 1. The number of anilines is 1. The third-order valence-corrected chi connectivity index (χ3v) is 4.48. The van der Waals surface area contributed by atoms with Gasteiger partial charge in [-0.2, -0.15) is 0 Å². The molecule has 2 aromatic heterocycles. The zero-order chi connectivity index (χ0) is 20.2. The molecule has 8 nitrogen and oxygen atoms in total. The van der Waals surface area contributed by atoms with Crippen LogP contribution in [0.2, 0.25) is 0 Å². The number of imidazole rings is 1. The molecule has 2 heterocycles. The van der Waals surface area contributed by atoms with E-state index in [0.29, 0.717) is 35.7 Å². The van der Waals surface area contributed by atoms with Gasteiger partial charge in [-0.15, -0.1) is 0 Å². The van der Waals surface area contributed by atoms with E-state index in [2.05, 4.69) is 25.3 Å². The number of para-hydroxylation sites is 2. The highest BCUT2D eigenvalue weighted by Gasteiger charge is 2.13. The molecule has 0 atom stereocenters. The molecule has 0 saturated heterocycles. The minimum absolute atomic E-state index is 0. The zero-order valence-corrected chi connectivity index (χ0v) is 15.6. The van der Waals surface area contributed by atoms with Gasteiger partial charge in [0.15, 0.2) is 11.6 Å². The maximum atomic E-state index is 12.1. The van der Waals surface area contributed by atoms with E-state index < -0.39 is 0 Å². The van der Waals surface area contributed by atoms with Gasteiger partial charge < -0.3 is 21.1 Å². The van der Waals surface area contributed by atoms with Crippen molar-refractivity contribution in [2.75, 3.05) is 18.9 Å². The number of aromatic nitrogens is 4. The van der Waals surface area contributed by atoms with Gasteiger partial charge in [0.25, 0.3) is 5.91 Å². The Labute approximate surface area is 171 Å². The third-order valence-electron chi connectivity index (χ3n) is 4.48. The Morgan fingerprint density at radius 2 is 1.93 bits per heavy atom. The number of aliphatic hydroxyl groups excluding tert-OH is 1. The number of aromatic amines is 1. The first-order valence-corrected chi connectivity index (χ1v) is 9.23. The fourth-order valence-corrected chi connectivity index (χ4v) is 2.95. The molecule has 0 aliphatic heterocycles. The van der Waals surface area contributed by atoms with Gasteiger partial charge in [0, 0.05) is 28.6 Å². The van der Waals surface area contributed by atoms with Crippen molar-refractivity contribution in [2.24, 2.45) is 0 Å². The Balaban J connectivity index is 0.00000171. The highest BCUT2D eigenvalue weighted by molar-refractivity contribution is 5.94. The highest BCUT2D eigenvalue weighted by atomic mass is 16.3. The second-order valence-corrected chi connectivity index (χ2v) is 6.50. The summed E-state index contributed by atoms with van der Waals surface area (Å²) >= 11 is 0. The first-order valence-electron chi connectivity index (χ1n) is 9.23. The Morgan fingerprint density at radius 3 is 2.69 bits per heavy atom. The quantitative estimate of drug-likeness (QED) is 0.372. The smallest absolute Gasteiger partial charge is 0.251 e. The molecule has 0 fully saturated rings. The lowest BCUT2D eigenvalue weighted by atomic mass is 10.1. The number of nitrogens with two attached hydrogens (primary N) is 1. The van der Waals surface area contributed by atoms with Crippen LogP contribution in [-0.2, 0) is 0 Å². The molecule has 0 unspecified atom stereocenters. The molecule has 0 saturated carbocycles. The summed E-state index contributed by atoms with van der Waals surface area (Å²) < 4.78 is 0. The van der Waals surface area contributed by atoms with Crippen LogP contribution >= 0.6 is 0 Å². The van der Waals surface area contributed by atoms with Crippen molar-refractivity contribution in [1.29, 1.82) is 0 Å². The summed E-state index contributed by atoms with van der Waals surface area (Å²) in [5, 5.41) is 11.6. The number of H-pyrrole nitrogens is 1. The number of nitrogens with zero attached hydrogens (tertiary/aromatic N) is 3. The van der Waals surface area contributed by atoms with Crippen LogP contribution in [0.1, 0.15) is 21.1 Å². The van der Waals surface area contributed by atoms with Crippen LogP contribution in [0.15, 0.2) is 54.7 Å². The number of carbonyl (C=O) groups is 1. The summed E-state index contributed by atoms with van der Waals surface area (Å²) in [6.45, 7) is 0.476. The Morgan fingerprint density at radius 1 is 1.14 bits per heavy atom. The van der Waals surface area contributed by atoms with Gasteiger partial charge in [0.05, 0.1) is 22.9 Å². The number of fused-ring (bicyclic) bond motifs is 1. The predicted octanol–water partition coefficient (Wildman–Crippen LogP) is 3.12. The van der Waals surface area contributed by atoms with Crippen molar-refractivity contribution in [1.82, 2.24) is 25.3 Å². The fourth-order valence-electron chi connectivity index (χ4n) is 2.95. The summed E-state index contributed by atoms with van der Waals surface area (Å²) in [4.78, 5) is 28.7. The number of carbonyl (C=O) groups excluding carboxylic acids is 1. The molecular formula is C21H26N6O2. The van der Waals surface area contributed by atoms with Crippen molar-refractivity contribution in [3.63, 3.8) is 0 Å². The Bertz CT molecular complexity index is 1130. The van der Waals surface area contributed by atoms with Gasteiger partial charge >= 0.3 is 0 Å². The van der Waals surface area contributed by atoms with E-state index in [1.165, 1.54) is 0 Å². The highest BCUT2D eigenvalue weighted by Crippen LogP contribution is 2.26. The maximum Gasteiger partial charge on any atom is 0.251 e. The van der Waals surface area contributed by atoms with Crippen molar-refractivity contribution < 1.29 is 14.2 Å². The number of nitrogen functional groups attached to an aromatic ring is 1. The van der Waals surface area contributed by atoms with Crippen molar-refractivity contribution in [2.45, 2.75) is 6.42 Å². The van der Waals surface area contributed by atoms with E-state index in [-0.39, 0.29) is 22.6 Å². The van der Waals surface area contributed by atoms with Gasteiger partial charge in [-0.25, -0.2) is 15.0 Å². The molecule has 0 aliphatic carbocycles. The monoisotopic (exact) mass is 394 g/mol. The van der Waals surface area contributed by atoms with Crippen molar-refractivity contribution >= 4 is 22.8 Å². The molecule has 4 rings (SSSR count). The number of benzene rings is 2. The second kappa shape index (κ2) is 8.07. The molecule has 2 aromatic carbocycles. The van der Waals surface area contributed by atoms with E-state index in [9.17, 15) is 4.79 Å². The summed E-state index contributed by atoms with van der Waals surface area (Å²) in [7, 11) is 0. The topological polar surface area (TPSA) is 130 Å². The summed E-state index contributed by atoms with van der Waals surface area (Å²) in [5.74, 6) is 0.655. The van der Waals surface area contributed by atoms with Crippen LogP contribution < -0.4 is 11.1 Å². The molecule has 5 N–H and O–H groups in total. The van der Waals surface area contributed by atoms with Gasteiger partial charge in [-0.1, -0.05) is 24.3 Å². The number of amides is 1. The number of rotatable bonds is 6. The minimum Gasteiger partial charge on any atom is -0.396 e. The zero-order valence-electron chi connectivity index (χ0n) is 15.6. The van der Waals surface area contributed by atoms with E-state index >= 15 is 0 Å². The van der Waals surface area contributed by atoms with E-state index in [0.717, 1.165) is 16.6 Å². The van der Waals surface area contributed by atoms with Crippen LogP contribution in [0.4, 0.5) is 5.82 Å². The van der Waals surface area contributed by atoms with Crippen LogP contribution in [0.5, 0.6) is 0 Å². The number of nitrogens with one attached hydrogen (secondary N) is 2. The summed E-state index contributed by atoms with van der Waals surface area (Å²) in [5.41, 5.74) is 10.2. The minimum atomic E-state index is -0.184. The van der Waals surface area contributed by atoms with E-state index in [4.69, 9.17) is 10.8 Å². The first-order chi connectivity index (χ1) is 14.2. The SMILES string of the molecule is Nc1ncc(-c2ccc(C(=O)NCCCO)cc2)nc1-c1nc2ccccc2[nH]1.[HH].[HH].[HH]. The van der Waals surface area contributed by atoms with Gasteiger partial charge in [-0.05, 0) is 30.7 Å². The Kier molecular flexibility index (Phi) is 5.17. The van der Waals surface area contributed by atoms with Crippen molar-refractivity contribution in [3.8, 4) is 22.8 Å². The lowest BCUT2D eigenvalue weighted by Crippen LogP contribution is -2.24. The molecular weight excluding hydrogens is 368 g/mol. The van der Waals surface area contributed by atoms with Gasteiger partial charge in [0.1, 0.15) is 5.69 Å². The molecule has 0 spiro atoms. The number of hydrogen-bond acceptors (Lipinski definition) is 6. The average molecular weight is 394 g/mol. The molecule has 29 heavy (non-hydrogen) atoms. The van der Waals surface area contributed by atoms with Crippen LogP contribution in [0, 0.1) is 0 Å². The predicted molar refractivity (Wildman–Crippen MR) is 117 cm³/mol. The lowest BCUT2D eigenvalue weighted by molar-refractivity contribution is 0.0951. The number of hydrogen-bond donors (Lipinski definition) is 4. The molecule has 152 valence electrons. The van der Waals surface area contributed by atoms with Crippen LogP contribution in [0.25, 0.3) is 33.8 Å². The summed E-state index contributed by atoms with van der Waals surface area (Å²) in [6.07, 6.45) is 2.12. The third kappa shape index (κ3) is 3.92. The fraction of sp³-hybridized carbons (Fsp3) is 0.143. The maximum absolute atomic E-state index is 12.1. The average Bonchev–Trinajstić information content (AvgIpc) is 3.18. The Hall–Kier alpha value is -3.78. The lowest BCUT2D eigenvalue weighted by Gasteiger charge is -2.07. The molecule has 1 amide bonds. The van der Waals surface area contributed by atoms with Gasteiger partial charge in [-0.3, -0.25) is 4.79 Å². The standard InChI is InChI=1S/C21H20N6O2.3H2/c22-19-18(20-26-15-4-1-2-5-16(15)27-20)25-17(12-24-19)13-6-8-14(9-7-13)21(29)23-10-3-11-28;;;/h1-2,4-9,12,28H,3,10-11H2,(H2,22,24)(H,23,29)(H,26,27);3*1H. The first kappa shape index (κ1) is 18.6. The van der Waals surface area contributed by atoms with E-state index in [1.807, 2.05) is 36.4 Å². The normalized spacial score (nSPS) is 10.9. The summed E-state index contributed by atoms with van der Waals surface area (Å²) in [6, 6.07) is 14.8. The van der Waals surface area contributed by atoms with Crippen molar-refractivity contribution in [3.05, 3.63) is 60.3 Å². The van der Waals surface area contributed by atoms with Crippen LogP contribution in [-0.4, -0.2) is 44.1 Å². The second-order valence-electron chi connectivity index (χ2n) is 6.50. The van der Waals surface area contributed by atoms with Gasteiger partial charge in [0.2, 0.25) is 0 Å². The molecule has 8 heteroatoms.